The van der Waals surface area contributed by atoms with Crippen molar-refractivity contribution in [3.8, 4) is 18.2 Å². The van der Waals surface area contributed by atoms with Crippen LogP contribution in [0.4, 0.5) is 0 Å². The number of carbonyl (C=O) groups is 1. The first-order valence-electron chi connectivity index (χ1n) is 5.87. The first-order valence-corrected chi connectivity index (χ1v) is 5.87. The highest BCUT2D eigenvalue weighted by Crippen LogP contribution is 2.32. The van der Waals surface area contributed by atoms with Crippen molar-refractivity contribution in [1.29, 1.82) is 15.8 Å². The molecule has 0 radical (unpaired) electrons. The number of ether oxygens (including phenoxy) is 1. The Bertz CT molecular complexity index is 605. The number of nitriles is 3. The second-order valence-electron chi connectivity index (χ2n) is 4.16. The summed E-state index contributed by atoms with van der Waals surface area (Å²) in [6, 6.07) is 8.43. The van der Waals surface area contributed by atoms with Crippen molar-refractivity contribution in [2.45, 2.75) is 19.3 Å². The zero-order valence-corrected chi connectivity index (χ0v) is 11.1. The summed E-state index contributed by atoms with van der Waals surface area (Å²) in [7, 11) is 0. The van der Waals surface area contributed by atoms with E-state index in [2.05, 4.69) is 4.98 Å². The maximum absolute atomic E-state index is 12.1. The SMILES string of the molecule is CCOC(=O)C(C)(c1ccc(C#N)cn1)C(C#N)C#N. The fourth-order valence-electron chi connectivity index (χ4n) is 1.71. The second kappa shape index (κ2) is 6.31. The van der Waals surface area contributed by atoms with Gasteiger partial charge in [0.1, 0.15) is 11.5 Å². The summed E-state index contributed by atoms with van der Waals surface area (Å²) < 4.78 is 4.96. The molecule has 0 spiro atoms. The molecule has 0 aliphatic heterocycles. The zero-order valence-electron chi connectivity index (χ0n) is 11.1. The molecule has 0 saturated heterocycles. The average molecular weight is 268 g/mol. The van der Waals surface area contributed by atoms with Gasteiger partial charge in [-0.2, -0.15) is 15.8 Å². The molecule has 1 unspecified atom stereocenters. The summed E-state index contributed by atoms with van der Waals surface area (Å²) in [5.41, 5.74) is -0.943. The van der Waals surface area contributed by atoms with Gasteiger partial charge in [-0.25, -0.2) is 0 Å². The van der Waals surface area contributed by atoms with E-state index in [0.29, 0.717) is 5.56 Å². The molecule has 1 aromatic rings. The van der Waals surface area contributed by atoms with Gasteiger partial charge in [0.15, 0.2) is 5.92 Å². The smallest absolute Gasteiger partial charge is 0.320 e. The van der Waals surface area contributed by atoms with Crippen molar-refractivity contribution in [2.75, 3.05) is 6.61 Å². The van der Waals surface area contributed by atoms with Gasteiger partial charge >= 0.3 is 5.97 Å². The summed E-state index contributed by atoms with van der Waals surface area (Å²) in [6.45, 7) is 3.21. The monoisotopic (exact) mass is 268 g/mol. The predicted molar refractivity (Wildman–Crippen MR) is 67.7 cm³/mol. The molecule has 1 atom stereocenters. The van der Waals surface area contributed by atoms with Crippen LogP contribution >= 0.6 is 0 Å². The van der Waals surface area contributed by atoms with Crippen LogP contribution in [0.5, 0.6) is 0 Å². The minimum Gasteiger partial charge on any atom is -0.465 e. The van der Waals surface area contributed by atoms with Crippen LogP contribution in [-0.4, -0.2) is 17.6 Å². The van der Waals surface area contributed by atoms with Gasteiger partial charge in [-0.3, -0.25) is 9.78 Å². The highest BCUT2D eigenvalue weighted by atomic mass is 16.5. The Hall–Kier alpha value is -2.91. The van der Waals surface area contributed by atoms with Crippen molar-refractivity contribution in [2.24, 2.45) is 5.92 Å². The molecule has 1 heterocycles. The molecular weight excluding hydrogens is 256 g/mol. The maximum Gasteiger partial charge on any atom is 0.320 e. The van der Waals surface area contributed by atoms with Crippen molar-refractivity contribution >= 4 is 5.97 Å². The lowest BCUT2D eigenvalue weighted by atomic mass is 9.75. The maximum atomic E-state index is 12.1. The molecule has 0 fully saturated rings. The highest BCUT2D eigenvalue weighted by molar-refractivity contribution is 5.83. The van der Waals surface area contributed by atoms with Crippen molar-refractivity contribution in [3.05, 3.63) is 29.6 Å². The lowest BCUT2D eigenvalue weighted by Crippen LogP contribution is -2.41. The topological polar surface area (TPSA) is 111 Å². The number of carbonyl (C=O) groups excluding carboxylic acids is 1. The van der Waals surface area contributed by atoms with Crippen molar-refractivity contribution in [3.63, 3.8) is 0 Å². The van der Waals surface area contributed by atoms with E-state index in [1.165, 1.54) is 25.3 Å². The van der Waals surface area contributed by atoms with E-state index in [1.54, 1.807) is 19.1 Å². The summed E-state index contributed by atoms with van der Waals surface area (Å²) in [5.74, 6) is -1.92. The van der Waals surface area contributed by atoms with Gasteiger partial charge in [0.05, 0.1) is 30.0 Å². The molecule has 0 amide bonds. The standard InChI is InChI=1S/C14H12N4O2/c1-3-20-13(19)14(2,11(7-16)8-17)12-5-4-10(6-15)9-18-12/h4-5,9,11H,3H2,1-2H3. The molecule has 0 aliphatic rings. The van der Waals surface area contributed by atoms with Gasteiger partial charge in [0, 0.05) is 6.20 Å². The Balaban J connectivity index is 3.38. The fourth-order valence-corrected chi connectivity index (χ4v) is 1.71. The molecule has 6 heteroatoms. The number of hydrogen-bond acceptors (Lipinski definition) is 6. The van der Waals surface area contributed by atoms with Crippen LogP contribution < -0.4 is 0 Å². The van der Waals surface area contributed by atoms with Crippen LogP contribution in [0.1, 0.15) is 25.1 Å². The van der Waals surface area contributed by atoms with Gasteiger partial charge in [0.2, 0.25) is 0 Å². The van der Waals surface area contributed by atoms with Crippen LogP contribution in [0.25, 0.3) is 0 Å². The summed E-state index contributed by atoms with van der Waals surface area (Å²) in [6.07, 6.45) is 1.29. The zero-order chi connectivity index (χ0) is 15.2. The van der Waals surface area contributed by atoms with Crippen LogP contribution in [0, 0.1) is 39.9 Å². The Kier molecular flexibility index (Phi) is 4.78. The van der Waals surface area contributed by atoms with Gasteiger partial charge in [-0.1, -0.05) is 0 Å². The molecular formula is C14H12N4O2. The van der Waals surface area contributed by atoms with E-state index in [9.17, 15) is 4.79 Å². The van der Waals surface area contributed by atoms with Crippen molar-refractivity contribution < 1.29 is 9.53 Å². The average Bonchev–Trinajstić information content (AvgIpc) is 2.48. The van der Waals surface area contributed by atoms with Crippen LogP contribution in [0.15, 0.2) is 18.3 Å². The van der Waals surface area contributed by atoms with E-state index in [0.717, 1.165) is 0 Å². The molecule has 20 heavy (non-hydrogen) atoms. The van der Waals surface area contributed by atoms with E-state index in [-0.39, 0.29) is 12.3 Å². The summed E-state index contributed by atoms with van der Waals surface area (Å²) in [5, 5.41) is 26.9. The summed E-state index contributed by atoms with van der Waals surface area (Å²) >= 11 is 0. The van der Waals surface area contributed by atoms with Crippen molar-refractivity contribution in [1.82, 2.24) is 4.98 Å². The number of hydrogen-bond donors (Lipinski definition) is 0. The number of aromatic nitrogens is 1. The molecule has 1 aromatic heterocycles. The van der Waals surface area contributed by atoms with Gasteiger partial charge in [-0.05, 0) is 26.0 Å². The Labute approximate surface area is 116 Å². The highest BCUT2D eigenvalue weighted by Gasteiger charge is 2.46. The van der Waals surface area contributed by atoms with Crippen LogP contribution in [0.3, 0.4) is 0 Å². The number of nitrogens with zero attached hydrogens (tertiary/aromatic N) is 4. The first-order chi connectivity index (χ1) is 9.54. The van der Waals surface area contributed by atoms with Gasteiger partial charge < -0.3 is 4.74 Å². The molecule has 0 bridgehead atoms. The van der Waals surface area contributed by atoms with Gasteiger partial charge in [-0.15, -0.1) is 0 Å². The van der Waals surface area contributed by atoms with E-state index in [1.807, 2.05) is 6.07 Å². The second-order valence-corrected chi connectivity index (χ2v) is 4.16. The van der Waals surface area contributed by atoms with Crippen LogP contribution in [-0.2, 0) is 14.9 Å². The van der Waals surface area contributed by atoms with E-state index < -0.39 is 17.3 Å². The third-order valence-corrected chi connectivity index (χ3v) is 2.96. The third-order valence-electron chi connectivity index (χ3n) is 2.96. The molecule has 1 rings (SSSR count). The molecule has 0 aliphatic carbocycles. The van der Waals surface area contributed by atoms with Gasteiger partial charge in [0.25, 0.3) is 0 Å². The molecule has 6 nitrogen and oxygen atoms in total. The Morgan fingerprint density at radius 1 is 1.40 bits per heavy atom. The minimum absolute atomic E-state index is 0.133. The van der Waals surface area contributed by atoms with E-state index in [4.69, 9.17) is 20.5 Å². The molecule has 0 N–H and O–H groups in total. The third kappa shape index (κ3) is 2.58. The number of rotatable bonds is 4. The number of pyridine rings is 1. The molecule has 0 saturated carbocycles. The van der Waals surface area contributed by atoms with Crippen LogP contribution in [0.2, 0.25) is 0 Å². The minimum atomic E-state index is -1.49. The number of esters is 1. The first kappa shape index (κ1) is 15.1. The lowest BCUT2D eigenvalue weighted by molar-refractivity contribution is -0.150. The lowest BCUT2D eigenvalue weighted by Gasteiger charge is -2.27. The summed E-state index contributed by atoms with van der Waals surface area (Å²) in [4.78, 5) is 16.2. The Morgan fingerprint density at radius 2 is 2.05 bits per heavy atom. The molecule has 0 aromatic carbocycles. The Morgan fingerprint density at radius 3 is 2.45 bits per heavy atom. The normalized spacial score (nSPS) is 12.6. The quantitative estimate of drug-likeness (QED) is 0.764. The predicted octanol–water partition coefficient (Wildman–Crippen LogP) is 1.44. The largest absolute Gasteiger partial charge is 0.465 e. The fraction of sp³-hybridized carbons (Fsp3) is 0.357. The molecule has 100 valence electrons. The van der Waals surface area contributed by atoms with E-state index >= 15 is 0 Å².